The van der Waals surface area contributed by atoms with Crippen molar-refractivity contribution < 1.29 is 18.0 Å². The van der Waals surface area contributed by atoms with Gasteiger partial charge in [-0.2, -0.15) is 0 Å². The number of amides is 2. The quantitative estimate of drug-likeness (QED) is 0.332. The van der Waals surface area contributed by atoms with Gasteiger partial charge in [0.1, 0.15) is 6.04 Å². The molecule has 0 saturated carbocycles. The SMILES string of the molecule is CCC(C(=O)NC(C)C)N(Cc1ccc(Cl)c(Cl)c1)C(=O)CCCN1c2cccc3cccc(c23)S1(=O)=O. The monoisotopic (exact) mass is 575 g/mol. The first-order chi connectivity index (χ1) is 18.0. The van der Waals surface area contributed by atoms with Crippen molar-refractivity contribution in [2.45, 2.75) is 63.6 Å². The van der Waals surface area contributed by atoms with Crippen molar-refractivity contribution in [3.63, 3.8) is 0 Å². The second kappa shape index (κ2) is 11.5. The van der Waals surface area contributed by atoms with E-state index in [4.69, 9.17) is 23.2 Å². The summed E-state index contributed by atoms with van der Waals surface area (Å²) in [5, 5.41) is 5.23. The lowest BCUT2D eigenvalue weighted by molar-refractivity contribution is -0.141. The second-order valence-electron chi connectivity index (χ2n) is 9.67. The largest absolute Gasteiger partial charge is 0.352 e. The molecule has 1 N–H and O–H groups in total. The normalized spacial score (nSPS) is 14.6. The van der Waals surface area contributed by atoms with E-state index in [1.807, 2.05) is 39.0 Å². The fourth-order valence-corrected chi connectivity index (χ4v) is 6.92. The average Bonchev–Trinajstić information content (AvgIpc) is 3.08. The number of rotatable bonds is 10. The molecule has 1 atom stereocenters. The van der Waals surface area contributed by atoms with Crippen LogP contribution in [0.5, 0.6) is 0 Å². The fraction of sp³-hybridized carbons (Fsp3) is 0.357. The number of anilines is 1. The Morgan fingerprint density at radius 3 is 2.39 bits per heavy atom. The van der Waals surface area contributed by atoms with Crippen LogP contribution in [0.15, 0.2) is 59.5 Å². The number of hydrogen-bond donors (Lipinski definition) is 1. The molecule has 4 rings (SSSR count). The van der Waals surface area contributed by atoms with Crippen LogP contribution in [0.2, 0.25) is 10.0 Å². The van der Waals surface area contributed by atoms with Crippen LogP contribution in [0.4, 0.5) is 5.69 Å². The molecule has 38 heavy (non-hydrogen) atoms. The maximum atomic E-state index is 13.6. The molecule has 0 fully saturated rings. The molecule has 2 amide bonds. The highest BCUT2D eigenvalue weighted by atomic mass is 35.5. The molecule has 3 aromatic carbocycles. The number of hydrogen-bond acceptors (Lipinski definition) is 4. The molecule has 1 aliphatic rings. The molecule has 0 bridgehead atoms. The van der Waals surface area contributed by atoms with Crippen LogP contribution in [0.25, 0.3) is 10.8 Å². The lowest BCUT2D eigenvalue weighted by Gasteiger charge is -2.31. The minimum Gasteiger partial charge on any atom is -0.352 e. The van der Waals surface area contributed by atoms with Gasteiger partial charge in [-0.3, -0.25) is 13.9 Å². The molecule has 0 radical (unpaired) electrons. The lowest BCUT2D eigenvalue weighted by Crippen LogP contribution is -2.50. The van der Waals surface area contributed by atoms with Crippen molar-refractivity contribution in [1.29, 1.82) is 0 Å². The van der Waals surface area contributed by atoms with Gasteiger partial charge in [-0.25, -0.2) is 8.42 Å². The first-order valence-electron chi connectivity index (χ1n) is 12.6. The number of nitrogens with zero attached hydrogens (tertiary/aromatic N) is 2. The molecule has 0 aliphatic carbocycles. The van der Waals surface area contributed by atoms with E-state index in [0.29, 0.717) is 34.0 Å². The van der Waals surface area contributed by atoms with Gasteiger partial charge in [0, 0.05) is 30.9 Å². The molecular weight excluding hydrogens is 545 g/mol. The van der Waals surface area contributed by atoms with Crippen molar-refractivity contribution >= 4 is 61.5 Å². The molecule has 7 nitrogen and oxygen atoms in total. The summed E-state index contributed by atoms with van der Waals surface area (Å²) in [6, 6.07) is 15.1. The van der Waals surface area contributed by atoms with E-state index in [0.717, 1.165) is 10.9 Å². The van der Waals surface area contributed by atoms with Crippen molar-refractivity contribution in [3.8, 4) is 0 Å². The van der Waals surface area contributed by atoms with Crippen molar-refractivity contribution in [1.82, 2.24) is 10.2 Å². The van der Waals surface area contributed by atoms with Gasteiger partial charge < -0.3 is 10.2 Å². The third-order valence-electron chi connectivity index (χ3n) is 6.59. The molecule has 1 heterocycles. The Morgan fingerprint density at radius 2 is 1.74 bits per heavy atom. The lowest BCUT2D eigenvalue weighted by atomic mass is 10.1. The summed E-state index contributed by atoms with van der Waals surface area (Å²) in [7, 11) is -3.70. The first-order valence-corrected chi connectivity index (χ1v) is 14.8. The summed E-state index contributed by atoms with van der Waals surface area (Å²) in [5.74, 6) is -0.477. The fourth-order valence-electron chi connectivity index (χ4n) is 4.85. The zero-order chi connectivity index (χ0) is 27.6. The minimum absolute atomic E-state index is 0.0745. The highest BCUT2D eigenvalue weighted by molar-refractivity contribution is 7.93. The summed E-state index contributed by atoms with van der Waals surface area (Å²) in [6.45, 7) is 5.91. The Kier molecular flexibility index (Phi) is 8.55. The zero-order valence-corrected chi connectivity index (χ0v) is 23.9. The molecule has 10 heteroatoms. The van der Waals surface area contributed by atoms with Crippen molar-refractivity contribution in [2.75, 3.05) is 10.8 Å². The second-order valence-corrected chi connectivity index (χ2v) is 12.3. The van der Waals surface area contributed by atoms with Crippen LogP contribution < -0.4 is 9.62 Å². The molecule has 202 valence electrons. The standard InChI is InChI=1S/C28H31Cl2N3O4S/c1-4-23(28(35)31-18(2)3)32(17-19-13-14-21(29)22(30)16-19)26(34)12-7-15-33-24-10-5-8-20-9-6-11-25(27(20)24)38(33,36)37/h5-6,8-11,13-14,16,18,23H,4,7,12,15,17H2,1-3H3,(H,31,35). The van der Waals surface area contributed by atoms with E-state index < -0.39 is 16.1 Å². The average molecular weight is 577 g/mol. The molecule has 0 spiro atoms. The van der Waals surface area contributed by atoms with E-state index >= 15 is 0 Å². The summed E-state index contributed by atoms with van der Waals surface area (Å²) in [5.41, 5.74) is 1.37. The van der Waals surface area contributed by atoms with Gasteiger partial charge >= 0.3 is 0 Å². The Morgan fingerprint density at radius 1 is 1.03 bits per heavy atom. The number of benzene rings is 3. The Hall–Kier alpha value is -2.81. The van der Waals surface area contributed by atoms with Crippen LogP contribution in [-0.4, -0.2) is 43.8 Å². The summed E-state index contributed by atoms with van der Waals surface area (Å²) < 4.78 is 27.9. The van der Waals surface area contributed by atoms with E-state index in [1.54, 1.807) is 41.3 Å². The molecule has 1 unspecified atom stereocenters. The predicted molar refractivity (Wildman–Crippen MR) is 152 cm³/mol. The van der Waals surface area contributed by atoms with Gasteiger partial charge in [-0.1, -0.05) is 60.5 Å². The Balaban J connectivity index is 1.53. The minimum atomic E-state index is -3.70. The third kappa shape index (κ3) is 5.63. The molecule has 0 aromatic heterocycles. The van der Waals surface area contributed by atoms with E-state index in [-0.39, 0.29) is 42.3 Å². The van der Waals surface area contributed by atoms with E-state index in [9.17, 15) is 18.0 Å². The Labute approximate surface area is 233 Å². The highest BCUT2D eigenvalue weighted by Gasteiger charge is 2.35. The topological polar surface area (TPSA) is 86.8 Å². The van der Waals surface area contributed by atoms with Crippen LogP contribution in [-0.2, 0) is 26.2 Å². The third-order valence-corrected chi connectivity index (χ3v) is 9.18. The number of halogens is 2. The Bertz CT molecular complexity index is 1470. The number of carbonyl (C=O) groups is 2. The highest BCUT2D eigenvalue weighted by Crippen LogP contribution is 2.42. The maximum Gasteiger partial charge on any atom is 0.265 e. The molecule has 3 aromatic rings. The van der Waals surface area contributed by atoms with Gasteiger partial charge in [0.15, 0.2) is 0 Å². The van der Waals surface area contributed by atoms with Gasteiger partial charge in [-0.05, 0) is 61.9 Å². The summed E-state index contributed by atoms with van der Waals surface area (Å²) in [6.07, 6.45) is 0.789. The predicted octanol–water partition coefficient (Wildman–Crippen LogP) is 5.77. The molecule has 1 aliphatic heterocycles. The van der Waals surface area contributed by atoms with Gasteiger partial charge in [0.25, 0.3) is 10.0 Å². The maximum absolute atomic E-state index is 13.6. The van der Waals surface area contributed by atoms with Gasteiger partial charge in [0.05, 0.1) is 20.6 Å². The van der Waals surface area contributed by atoms with Crippen molar-refractivity contribution in [3.05, 3.63) is 70.2 Å². The van der Waals surface area contributed by atoms with Gasteiger partial charge in [-0.15, -0.1) is 0 Å². The van der Waals surface area contributed by atoms with Gasteiger partial charge in [0.2, 0.25) is 11.8 Å². The van der Waals surface area contributed by atoms with Crippen LogP contribution in [0, 0.1) is 0 Å². The van der Waals surface area contributed by atoms with Crippen molar-refractivity contribution in [2.24, 2.45) is 0 Å². The smallest absolute Gasteiger partial charge is 0.265 e. The van der Waals surface area contributed by atoms with Crippen LogP contribution >= 0.6 is 23.2 Å². The molecule has 0 saturated heterocycles. The molecular formula is C28H31Cl2N3O4S. The van der Waals surface area contributed by atoms with Crippen LogP contribution in [0.1, 0.15) is 45.6 Å². The number of carbonyl (C=O) groups excluding carboxylic acids is 2. The number of sulfonamides is 1. The summed E-state index contributed by atoms with van der Waals surface area (Å²) >= 11 is 12.3. The first kappa shape index (κ1) is 28.2. The zero-order valence-electron chi connectivity index (χ0n) is 21.6. The van der Waals surface area contributed by atoms with E-state index in [1.165, 1.54) is 4.31 Å². The number of nitrogens with one attached hydrogen (secondary N) is 1. The van der Waals surface area contributed by atoms with E-state index in [2.05, 4.69) is 5.32 Å². The van der Waals surface area contributed by atoms with Crippen LogP contribution in [0.3, 0.4) is 0 Å². The summed E-state index contributed by atoms with van der Waals surface area (Å²) in [4.78, 5) is 28.4.